The van der Waals surface area contributed by atoms with Crippen LogP contribution < -0.4 is 4.90 Å². The molecule has 0 bridgehead atoms. The molecule has 0 atom stereocenters. The van der Waals surface area contributed by atoms with E-state index in [0.717, 1.165) is 22.7 Å². The highest BCUT2D eigenvalue weighted by Crippen LogP contribution is 2.45. The average Bonchev–Trinajstić information content (AvgIpc) is 3.13. The van der Waals surface area contributed by atoms with E-state index in [1.54, 1.807) is 29.6 Å². The molecule has 0 aliphatic heterocycles. The SMILES string of the molecule is O=CN(c1cc(Cl)sc1Cl)c1scc(-c2ccc(Cl)cc2)c1C(=O)O. The molecule has 128 valence electrons. The lowest BCUT2D eigenvalue weighted by atomic mass is 10.0. The van der Waals surface area contributed by atoms with E-state index in [2.05, 4.69) is 0 Å². The molecule has 0 saturated carbocycles. The van der Waals surface area contributed by atoms with Gasteiger partial charge in [-0.3, -0.25) is 9.69 Å². The van der Waals surface area contributed by atoms with Gasteiger partial charge in [-0.15, -0.1) is 22.7 Å². The van der Waals surface area contributed by atoms with Crippen LogP contribution >= 0.6 is 57.5 Å². The normalized spacial score (nSPS) is 10.7. The largest absolute Gasteiger partial charge is 0.478 e. The fraction of sp³-hybridized carbons (Fsp3) is 0. The predicted octanol–water partition coefficient (Wildman–Crippen LogP) is 6.43. The molecule has 1 N–H and O–H groups in total. The maximum absolute atomic E-state index is 11.9. The van der Waals surface area contributed by atoms with Gasteiger partial charge in [0.2, 0.25) is 6.41 Å². The van der Waals surface area contributed by atoms with Crippen LogP contribution in [0.4, 0.5) is 10.7 Å². The zero-order valence-corrected chi connectivity index (χ0v) is 16.1. The van der Waals surface area contributed by atoms with Gasteiger partial charge in [-0.05, 0) is 23.8 Å². The van der Waals surface area contributed by atoms with Crippen molar-refractivity contribution in [1.29, 1.82) is 0 Å². The van der Waals surface area contributed by atoms with Crippen LogP contribution in [0.15, 0.2) is 35.7 Å². The minimum Gasteiger partial charge on any atom is -0.478 e. The highest BCUT2D eigenvalue weighted by Gasteiger charge is 2.26. The lowest BCUT2D eigenvalue weighted by molar-refractivity contribution is -0.106. The molecular weight excluding hydrogens is 425 g/mol. The highest BCUT2D eigenvalue weighted by molar-refractivity contribution is 7.20. The monoisotopic (exact) mass is 431 g/mol. The number of hydrogen-bond acceptors (Lipinski definition) is 4. The molecule has 1 amide bonds. The Kier molecular flexibility index (Phi) is 5.36. The maximum Gasteiger partial charge on any atom is 0.339 e. The number of anilines is 2. The van der Waals surface area contributed by atoms with E-state index < -0.39 is 5.97 Å². The molecule has 0 radical (unpaired) electrons. The second-order valence-corrected chi connectivity index (χ2v) is 8.41. The smallest absolute Gasteiger partial charge is 0.339 e. The van der Waals surface area contributed by atoms with Crippen molar-refractivity contribution < 1.29 is 14.7 Å². The first-order valence-corrected chi connectivity index (χ1v) is 9.55. The Morgan fingerprint density at radius 2 is 1.84 bits per heavy atom. The van der Waals surface area contributed by atoms with Crippen molar-refractivity contribution in [2.24, 2.45) is 0 Å². The minimum absolute atomic E-state index is 0.0119. The minimum atomic E-state index is -1.15. The Labute approximate surface area is 165 Å². The third-order valence-corrected chi connectivity index (χ3v) is 6.06. The van der Waals surface area contributed by atoms with Crippen LogP contribution in [0, 0.1) is 0 Å². The molecule has 0 aliphatic rings. The Hall–Kier alpha value is -1.57. The quantitative estimate of drug-likeness (QED) is 0.473. The lowest BCUT2D eigenvalue weighted by Gasteiger charge is -2.16. The summed E-state index contributed by atoms with van der Waals surface area (Å²) in [6.07, 6.45) is 0.522. The van der Waals surface area contributed by atoms with Crippen molar-refractivity contribution in [3.05, 3.63) is 55.0 Å². The van der Waals surface area contributed by atoms with E-state index in [9.17, 15) is 14.7 Å². The molecule has 4 nitrogen and oxygen atoms in total. The van der Waals surface area contributed by atoms with Crippen molar-refractivity contribution in [3.63, 3.8) is 0 Å². The summed E-state index contributed by atoms with van der Waals surface area (Å²) in [5, 5.41) is 12.2. The van der Waals surface area contributed by atoms with Crippen LogP contribution in [0.25, 0.3) is 11.1 Å². The Bertz CT molecular complexity index is 950. The van der Waals surface area contributed by atoms with Gasteiger partial charge in [-0.25, -0.2) is 4.79 Å². The van der Waals surface area contributed by atoms with Gasteiger partial charge < -0.3 is 5.11 Å². The van der Waals surface area contributed by atoms with Crippen LogP contribution in [0.2, 0.25) is 13.7 Å². The molecule has 25 heavy (non-hydrogen) atoms. The third kappa shape index (κ3) is 3.54. The van der Waals surface area contributed by atoms with E-state index >= 15 is 0 Å². The summed E-state index contributed by atoms with van der Waals surface area (Å²) < 4.78 is 0.702. The first-order chi connectivity index (χ1) is 11.9. The standard InChI is InChI=1S/C16H8Cl3NO3S2/c17-9-3-1-8(2-4-9)10-6-24-15(13(10)16(22)23)20(7-21)11-5-12(18)25-14(11)19/h1-7H,(H,22,23). The number of carboxylic acid groups (broad SMARTS) is 1. The zero-order chi connectivity index (χ0) is 18.1. The van der Waals surface area contributed by atoms with Gasteiger partial charge in [-0.2, -0.15) is 0 Å². The molecule has 0 unspecified atom stereocenters. The number of rotatable bonds is 5. The predicted molar refractivity (Wildman–Crippen MR) is 104 cm³/mol. The molecule has 3 rings (SSSR count). The molecule has 0 spiro atoms. The summed E-state index contributed by atoms with van der Waals surface area (Å²) in [5.74, 6) is -1.15. The fourth-order valence-electron chi connectivity index (χ4n) is 2.28. The van der Waals surface area contributed by atoms with E-state index in [0.29, 0.717) is 36.9 Å². The molecule has 3 aromatic rings. The second-order valence-electron chi connectivity index (χ2n) is 4.83. The van der Waals surface area contributed by atoms with Gasteiger partial charge >= 0.3 is 5.97 Å². The molecular formula is C16H8Cl3NO3S2. The second kappa shape index (κ2) is 7.35. The summed E-state index contributed by atoms with van der Waals surface area (Å²) in [4.78, 5) is 24.7. The van der Waals surface area contributed by atoms with Crippen molar-refractivity contribution in [2.75, 3.05) is 4.90 Å². The van der Waals surface area contributed by atoms with Gasteiger partial charge in [0, 0.05) is 16.0 Å². The topological polar surface area (TPSA) is 57.6 Å². The van der Waals surface area contributed by atoms with Crippen molar-refractivity contribution >= 4 is 80.5 Å². The summed E-state index contributed by atoms with van der Waals surface area (Å²) in [5.41, 5.74) is 1.54. The van der Waals surface area contributed by atoms with Gasteiger partial charge in [0.05, 0.1) is 10.0 Å². The number of benzene rings is 1. The van der Waals surface area contributed by atoms with E-state index in [4.69, 9.17) is 34.8 Å². The van der Waals surface area contributed by atoms with Crippen LogP contribution in [-0.2, 0) is 4.79 Å². The van der Waals surface area contributed by atoms with Crippen molar-refractivity contribution in [3.8, 4) is 11.1 Å². The Balaban J connectivity index is 2.16. The number of thiophene rings is 2. The van der Waals surface area contributed by atoms with Crippen molar-refractivity contribution in [1.82, 2.24) is 0 Å². The maximum atomic E-state index is 11.9. The van der Waals surface area contributed by atoms with Crippen LogP contribution in [0.3, 0.4) is 0 Å². The molecule has 0 fully saturated rings. The first-order valence-electron chi connectivity index (χ1n) is 6.72. The van der Waals surface area contributed by atoms with E-state index in [1.165, 1.54) is 11.0 Å². The number of amides is 1. The van der Waals surface area contributed by atoms with Crippen molar-refractivity contribution in [2.45, 2.75) is 0 Å². The summed E-state index contributed by atoms with van der Waals surface area (Å²) in [6.45, 7) is 0. The van der Waals surface area contributed by atoms with Crippen LogP contribution in [-0.4, -0.2) is 17.5 Å². The average molecular weight is 433 g/mol. The Morgan fingerprint density at radius 1 is 1.16 bits per heavy atom. The number of hydrogen-bond donors (Lipinski definition) is 1. The number of carboxylic acids is 1. The number of carbonyl (C=O) groups excluding carboxylic acids is 1. The lowest BCUT2D eigenvalue weighted by Crippen LogP contribution is -2.15. The molecule has 2 heterocycles. The fourth-order valence-corrected chi connectivity index (χ4v) is 4.91. The van der Waals surface area contributed by atoms with E-state index in [-0.39, 0.29) is 10.6 Å². The van der Waals surface area contributed by atoms with Gasteiger partial charge in [0.25, 0.3) is 0 Å². The van der Waals surface area contributed by atoms with Crippen LogP contribution in [0.1, 0.15) is 10.4 Å². The summed E-state index contributed by atoms with van der Waals surface area (Å²) in [6, 6.07) is 8.32. The van der Waals surface area contributed by atoms with Crippen LogP contribution in [0.5, 0.6) is 0 Å². The first kappa shape index (κ1) is 18.2. The van der Waals surface area contributed by atoms with Gasteiger partial charge in [0.15, 0.2) is 0 Å². The summed E-state index contributed by atoms with van der Waals surface area (Å²) >= 11 is 20.2. The van der Waals surface area contributed by atoms with E-state index in [1.807, 2.05) is 0 Å². The highest BCUT2D eigenvalue weighted by atomic mass is 35.5. The number of halogens is 3. The van der Waals surface area contributed by atoms with Gasteiger partial charge in [-0.1, -0.05) is 46.9 Å². The summed E-state index contributed by atoms with van der Waals surface area (Å²) in [7, 11) is 0. The molecule has 0 aliphatic carbocycles. The zero-order valence-electron chi connectivity index (χ0n) is 12.2. The number of aromatic carboxylic acids is 1. The molecule has 1 aromatic carbocycles. The Morgan fingerprint density at radius 3 is 2.36 bits per heavy atom. The molecule has 0 saturated heterocycles. The number of carbonyl (C=O) groups is 2. The molecule has 2 aromatic heterocycles. The number of nitrogens with zero attached hydrogens (tertiary/aromatic N) is 1. The molecule has 9 heteroatoms. The third-order valence-electron chi connectivity index (χ3n) is 3.36. The van der Waals surface area contributed by atoms with Gasteiger partial charge in [0.1, 0.15) is 14.9 Å².